The number of allylic oxidation sites excluding steroid dienone is 3. The summed E-state index contributed by atoms with van der Waals surface area (Å²) in [6.45, 7) is 6.14. The van der Waals surface area contributed by atoms with Gasteiger partial charge in [-0.15, -0.1) is 6.58 Å². The van der Waals surface area contributed by atoms with Gasteiger partial charge in [-0.3, -0.25) is 0 Å². The summed E-state index contributed by atoms with van der Waals surface area (Å²) in [7, 11) is 0. The Morgan fingerprint density at radius 1 is 1.06 bits per heavy atom. The molecule has 0 amide bonds. The summed E-state index contributed by atoms with van der Waals surface area (Å²) >= 11 is 0. The summed E-state index contributed by atoms with van der Waals surface area (Å²) < 4.78 is 0. The molecule has 2 saturated carbocycles. The smallest absolute Gasteiger partial charge is 0.00299 e. The average Bonchev–Trinajstić information content (AvgIpc) is 2.46. The van der Waals surface area contributed by atoms with Gasteiger partial charge < -0.3 is 0 Å². The zero-order valence-electron chi connectivity index (χ0n) is 12.0. The summed E-state index contributed by atoms with van der Waals surface area (Å²) in [5, 5.41) is 0. The SMILES string of the molecule is C=C[C]1CCC([C]2CCC(C=CCC)CC2)CC1. The first-order valence-corrected chi connectivity index (χ1v) is 7.81. The molecule has 0 N–H and O–H groups in total. The molecule has 0 aromatic rings. The third-order valence-corrected chi connectivity index (χ3v) is 4.81. The fourth-order valence-corrected chi connectivity index (χ4v) is 3.54. The van der Waals surface area contributed by atoms with Gasteiger partial charge in [-0.25, -0.2) is 0 Å². The molecule has 0 heteroatoms. The van der Waals surface area contributed by atoms with Crippen molar-refractivity contribution in [2.24, 2.45) is 11.8 Å². The largest absolute Gasteiger partial charge is 0.102 e. The minimum atomic E-state index is 0.868. The Morgan fingerprint density at radius 2 is 1.72 bits per heavy atom. The van der Waals surface area contributed by atoms with E-state index in [1.807, 2.05) is 5.92 Å². The Hall–Kier alpha value is -0.520. The zero-order chi connectivity index (χ0) is 12.8. The van der Waals surface area contributed by atoms with Crippen LogP contribution in [0, 0.1) is 23.7 Å². The fourth-order valence-electron chi connectivity index (χ4n) is 3.54. The molecule has 0 bridgehead atoms. The van der Waals surface area contributed by atoms with Gasteiger partial charge in [0.25, 0.3) is 0 Å². The van der Waals surface area contributed by atoms with Crippen LogP contribution in [0.25, 0.3) is 0 Å². The van der Waals surface area contributed by atoms with Crippen molar-refractivity contribution in [3.05, 3.63) is 36.6 Å². The lowest BCUT2D eigenvalue weighted by atomic mass is 9.69. The molecule has 0 aliphatic heterocycles. The van der Waals surface area contributed by atoms with Crippen molar-refractivity contribution >= 4 is 0 Å². The maximum atomic E-state index is 3.91. The number of hydrogen-bond acceptors (Lipinski definition) is 0. The van der Waals surface area contributed by atoms with E-state index in [2.05, 4.69) is 31.7 Å². The van der Waals surface area contributed by atoms with E-state index in [1.54, 1.807) is 5.92 Å². The van der Waals surface area contributed by atoms with E-state index in [-0.39, 0.29) is 0 Å². The third-order valence-electron chi connectivity index (χ3n) is 4.81. The van der Waals surface area contributed by atoms with E-state index < -0.39 is 0 Å². The molecule has 0 nitrogen and oxygen atoms in total. The van der Waals surface area contributed by atoms with Crippen LogP contribution in [0.15, 0.2) is 24.8 Å². The molecule has 0 aromatic carbocycles. The summed E-state index contributed by atoms with van der Waals surface area (Å²) in [5.41, 5.74) is 0. The van der Waals surface area contributed by atoms with Crippen LogP contribution >= 0.6 is 0 Å². The normalized spacial score (nSPS) is 25.8. The zero-order valence-corrected chi connectivity index (χ0v) is 12.0. The van der Waals surface area contributed by atoms with Crippen LogP contribution in [0.5, 0.6) is 0 Å². The van der Waals surface area contributed by atoms with Gasteiger partial charge in [0, 0.05) is 0 Å². The van der Waals surface area contributed by atoms with Gasteiger partial charge in [-0.1, -0.05) is 25.2 Å². The molecule has 2 aliphatic rings. The Morgan fingerprint density at radius 3 is 2.28 bits per heavy atom. The molecule has 2 fully saturated rings. The Kier molecular flexibility index (Phi) is 5.53. The minimum Gasteiger partial charge on any atom is -0.102 e. The van der Waals surface area contributed by atoms with Crippen LogP contribution in [-0.2, 0) is 0 Å². The first-order valence-electron chi connectivity index (χ1n) is 7.81. The predicted octanol–water partition coefficient (Wildman–Crippen LogP) is 5.67. The van der Waals surface area contributed by atoms with Gasteiger partial charge in [0.05, 0.1) is 0 Å². The lowest BCUT2D eigenvalue weighted by Crippen LogP contribution is -2.23. The molecule has 0 aromatic heterocycles. The van der Waals surface area contributed by atoms with Crippen LogP contribution in [0.4, 0.5) is 0 Å². The van der Waals surface area contributed by atoms with Gasteiger partial charge in [0.2, 0.25) is 0 Å². The van der Waals surface area contributed by atoms with Crippen molar-refractivity contribution in [1.82, 2.24) is 0 Å². The van der Waals surface area contributed by atoms with Crippen molar-refractivity contribution in [2.45, 2.75) is 64.7 Å². The van der Waals surface area contributed by atoms with Crippen molar-refractivity contribution in [2.75, 3.05) is 0 Å². The molecule has 2 rings (SSSR count). The van der Waals surface area contributed by atoms with E-state index >= 15 is 0 Å². The van der Waals surface area contributed by atoms with Gasteiger partial charge in [-0.05, 0) is 81.5 Å². The van der Waals surface area contributed by atoms with Crippen LogP contribution < -0.4 is 0 Å². The molecule has 0 saturated heterocycles. The molecular formula is C18H28. The standard InChI is InChI=1S/C18H28/c1-3-5-6-16-9-13-18(14-10-16)17-11-7-15(4-2)8-12-17/h4-6,16-17H,2-3,7-14H2,1H3. The first kappa shape index (κ1) is 13.9. The first-order chi connectivity index (χ1) is 8.83. The molecule has 18 heavy (non-hydrogen) atoms. The molecule has 0 heterocycles. The summed E-state index contributed by atoms with van der Waals surface area (Å²) in [6, 6.07) is 0. The topological polar surface area (TPSA) is 0 Å². The molecule has 0 atom stereocenters. The fraction of sp³-hybridized carbons (Fsp3) is 0.667. The highest BCUT2D eigenvalue weighted by molar-refractivity contribution is 5.12. The molecule has 0 unspecified atom stereocenters. The molecule has 0 spiro atoms. The molecule has 2 aliphatic carbocycles. The second-order valence-corrected chi connectivity index (χ2v) is 5.97. The van der Waals surface area contributed by atoms with E-state index in [0.29, 0.717) is 0 Å². The Bertz CT molecular complexity index is 260. The van der Waals surface area contributed by atoms with E-state index in [4.69, 9.17) is 0 Å². The van der Waals surface area contributed by atoms with Crippen LogP contribution in [0.3, 0.4) is 0 Å². The molecule has 2 radical (unpaired) electrons. The summed E-state index contributed by atoms with van der Waals surface area (Å²) in [6.07, 6.45) is 19.1. The van der Waals surface area contributed by atoms with E-state index in [1.165, 1.54) is 57.8 Å². The second-order valence-electron chi connectivity index (χ2n) is 5.97. The Labute approximate surface area is 114 Å². The van der Waals surface area contributed by atoms with Crippen molar-refractivity contribution in [1.29, 1.82) is 0 Å². The second kappa shape index (κ2) is 7.16. The van der Waals surface area contributed by atoms with E-state index in [9.17, 15) is 0 Å². The van der Waals surface area contributed by atoms with Gasteiger partial charge in [0.15, 0.2) is 0 Å². The molecular weight excluding hydrogens is 216 g/mol. The number of rotatable bonds is 4. The predicted molar refractivity (Wildman–Crippen MR) is 80.0 cm³/mol. The van der Waals surface area contributed by atoms with Gasteiger partial charge in [-0.2, -0.15) is 0 Å². The highest BCUT2D eigenvalue weighted by atomic mass is 14.3. The quantitative estimate of drug-likeness (QED) is 0.559. The lowest BCUT2D eigenvalue weighted by molar-refractivity contribution is 0.320. The van der Waals surface area contributed by atoms with Gasteiger partial charge >= 0.3 is 0 Å². The number of hydrogen-bond donors (Lipinski definition) is 0. The van der Waals surface area contributed by atoms with Crippen molar-refractivity contribution in [3.63, 3.8) is 0 Å². The molecule has 100 valence electrons. The van der Waals surface area contributed by atoms with E-state index in [0.717, 1.165) is 11.8 Å². The van der Waals surface area contributed by atoms with Crippen molar-refractivity contribution < 1.29 is 0 Å². The van der Waals surface area contributed by atoms with Crippen LogP contribution in [0.1, 0.15) is 64.7 Å². The maximum Gasteiger partial charge on any atom is -0.00299 e. The van der Waals surface area contributed by atoms with Gasteiger partial charge in [0.1, 0.15) is 0 Å². The maximum absolute atomic E-state index is 3.91. The highest BCUT2D eigenvalue weighted by Crippen LogP contribution is 2.43. The summed E-state index contributed by atoms with van der Waals surface area (Å²) in [4.78, 5) is 0. The third kappa shape index (κ3) is 3.73. The van der Waals surface area contributed by atoms with Crippen LogP contribution in [0.2, 0.25) is 0 Å². The minimum absolute atomic E-state index is 0.868. The van der Waals surface area contributed by atoms with Crippen LogP contribution in [-0.4, -0.2) is 0 Å². The Balaban J connectivity index is 1.73. The van der Waals surface area contributed by atoms with Crippen molar-refractivity contribution in [3.8, 4) is 0 Å². The summed E-state index contributed by atoms with van der Waals surface area (Å²) in [5.74, 6) is 5.28. The average molecular weight is 244 g/mol. The monoisotopic (exact) mass is 244 g/mol. The lowest BCUT2D eigenvalue weighted by Gasteiger charge is -2.36. The highest BCUT2D eigenvalue weighted by Gasteiger charge is 2.30.